The second-order valence-corrected chi connectivity index (χ2v) is 3.48. The Balaban J connectivity index is 0.000000184. The molecule has 0 aromatic rings. The molecule has 7 heteroatoms. The average Bonchev–Trinajstić information content (AvgIpc) is 2.81. The molecular weight excluding hydrogens is 240 g/mol. The van der Waals surface area contributed by atoms with Crippen molar-refractivity contribution in [3.8, 4) is 0 Å². The van der Waals surface area contributed by atoms with Crippen LogP contribution < -0.4 is 0 Å². The topological polar surface area (TPSA) is 95.0 Å². The van der Waals surface area contributed by atoms with E-state index in [1.165, 1.54) is 17.1 Å². The minimum Gasteiger partial charge on any atom is -0.278 e. The van der Waals surface area contributed by atoms with Crippen LogP contribution in [0.3, 0.4) is 0 Å². The van der Waals surface area contributed by atoms with Gasteiger partial charge in [0.1, 0.15) is 0 Å². The zero-order valence-corrected chi connectivity index (χ0v) is 9.70. The molecule has 0 saturated heterocycles. The number of amides is 4. The number of hydroxylamine groups is 2. The molecule has 0 saturated carbocycles. The van der Waals surface area contributed by atoms with Crippen molar-refractivity contribution < 1.29 is 24.4 Å². The van der Waals surface area contributed by atoms with Gasteiger partial charge in [0.05, 0.1) is 0 Å². The van der Waals surface area contributed by atoms with Crippen molar-refractivity contribution in [1.82, 2.24) is 9.96 Å². The molecular formula is C11H12N2O5. The summed E-state index contributed by atoms with van der Waals surface area (Å²) >= 11 is 0. The maximum Gasteiger partial charge on any atom is 0.277 e. The molecule has 0 bridgehead atoms. The Hall–Kier alpha value is -2.28. The second kappa shape index (κ2) is 5.87. The van der Waals surface area contributed by atoms with Gasteiger partial charge >= 0.3 is 0 Å². The van der Waals surface area contributed by atoms with Gasteiger partial charge in [-0.05, 0) is 6.42 Å². The Morgan fingerprint density at radius 2 is 1.28 bits per heavy atom. The number of imide groups is 2. The Kier molecular flexibility index (Phi) is 4.50. The molecule has 0 aliphatic carbocycles. The molecule has 2 aliphatic heterocycles. The fourth-order valence-corrected chi connectivity index (χ4v) is 1.27. The van der Waals surface area contributed by atoms with E-state index in [2.05, 4.69) is 0 Å². The summed E-state index contributed by atoms with van der Waals surface area (Å²) in [7, 11) is 0. The van der Waals surface area contributed by atoms with Gasteiger partial charge < -0.3 is 0 Å². The van der Waals surface area contributed by atoms with Crippen molar-refractivity contribution in [2.45, 2.75) is 13.3 Å². The van der Waals surface area contributed by atoms with Crippen molar-refractivity contribution in [1.29, 1.82) is 0 Å². The number of rotatable bonds is 2. The molecule has 0 unspecified atom stereocenters. The largest absolute Gasteiger partial charge is 0.278 e. The molecule has 0 aromatic carbocycles. The molecule has 4 amide bonds. The van der Waals surface area contributed by atoms with Gasteiger partial charge in [0.15, 0.2) is 0 Å². The van der Waals surface area contributed by atoms with Crippen LogP contribution in [0.15, 0.2) is 24.3 Å². The normalized spacial score (nSPS) is 17.7. The first-order valence-corrected chi connectivity index (χ1v) is 5.26. The summed E-state index contributed by atoms with van der Waals surface area (Å²) in [6.45, 7) is 2.46. The van der Waals surface area contributed by atoms with Gasteiger partial charge in [-0.15, -0.1) is 5.06 Å². The van der Waals surface area contributed by atoms with Crippen LogP contribution in [0.5, 0.6) is 0 Å². The zero-order chi connectivity index (χ0) is 13.7. The first-order chi connectivity index (χ1) is 8.47. The van der Waals surface area contributed by atoms with Crippen LogP contribution >= 0.6 is 0 Å². The molecule has 2 heterocycles. The van der Waals surface area contributed by atoms with E-state index < -0.39 is 11.8 Å². The van der Waals surface area contributed by atoms with Crippen LogP contribution in [0.1, 0.15) is 13.3 Å². The summed E-state index contributed by atoms with van der Waals surface area (Å²) in [6.07, 6.45) is 5.43. The third kappa shape index (κ3) is 3.11. The average molecular weight is 252 g/mol. The van der Waals surface area contributed by atoms with E-state index in [0.717, 1.165) is 18.6 Å². The molecule has 0 atom stereocenters. The molecule has 2 aliphatic rings. The fourth-order valence-electron chi connectivity index (χ4n) is 1.27. The van der Waals surface area contributed by atoms with Crippen LogP contribution in [0.2, 0.25) is 0 Å². The van der Waals surface area contributed by atoms with E-state index in [9.17, 15) is 19.2 Å². The van der Waals surface area contributed by atoms with Crippen molar-refractivity contribution in [2.75, 3.05) is 6.54 Å². The van der Waals surface area contributed by atoms with Crippen molar-refractivity contribution >= 4 is 23.6 Å². The van der Waals surface area contributed by atoms with Crippen LogP contribution in [-0.4, -0.2) is 45.3 Å². The monoisotopic (exact) mass is 252 g/mol. The number of carbonyl (C=O) groups is 4. The standard InChI is InChI=1S/C7H9NO2.C4H3NO3/c1-2-5-8-6(9)3-4-7(8)10;6-3-1-2-4(7)5(3)8/h3-4H,2,5H2,1H3;1-2,8H. The van der Waals surface area contributed by atoms with Gasteiger partial charge in [-0.3, -0.25) is 29.3 Å². The van der Waals surface area contributed by atoms with Gasteiger partial charge in [-0.25, -0.2) is 0 Å². The number of hydrogen-bond acceptors (Lipinski definition) is 5. The smallest absolute Gasteiger partial charge is 0.277 e. The van der Waals surface area contributed by atoms with Crippen LogP contribution in [-0.2, 0) is 19.2 Å². The Morgan fingerprint density at radius 1 is 0.889 bits per heavy atom. The maximum absolute atomic E-state index is 10.8. The molecule has 0 spiro atoms. The van der Waals surface area contributed by atoms with E-state index in [1.807, 2.05) is 6.92 Å². The predicted octanol–water partition coefficient (Wildman–Crippen LogP) is -0.378. The molecule has 0 fully saturated rings. The summed E-state index contributed by atoms with van der Waals surface area (Å²) < 4.78 is 0. The Bertz CT molecular complexity index is 416. The number of nitrogens with zero attached hydrogens (tertiary/aromatic N) is 2. The van der Waals surface area contributed by atoms with Gasteiger partial charge in [0.2, 0.25) is 0 Å². The molecule has 0 aromatic heterocycles. The highest BCUT2D eigenvalue weighted by molar-refractivity contribution is 6.13. The highest BCUT2D eigenvalue weighted by atomic mass is 16.5. The third-order valence-corrected chi connectivity index (χ3v) is 2.13. The molecule has 0 radical (unpaired) electrons. The summed E-state index contributed by atoms with van der Waals surface area (Å²) in [5.41, 5.74) is 0. The highest BCUT2D eigenvalue weighted by Gasteiger charge is 2.21. The van der Waals surface area contributed by atoms with Gasteiger partial charge in [-0.1, -0.05) is 6.92 Å². The fraction of sp³-hybridized carbons (Fsp3) is 0.273. The van der Waals surface area contributed by atoms with Crippen molar-refractivity contribution in [2.24, 2.45) is 0 Å². The predicted molar refractivity (Wildman–Crippen MR) is 58.9 cm³/mol. The lowest BCUT2D eigenvalue weighted by Gasteiger charge is -2.10. The zero-order valence-electron chi connectivity index (χ0n) is 9.70. The third-order valence-electron chi connectivity index (χ3n) is 2.13. The molecule has 18 heavy (non-hydrogen) atoms. The first kappa shape index (κ1) is 13.8. The van der Waals surface area contributed by atoms with E-state index in [0.29, 0.717) is 6.54 Å². The van der Waals surface area contributed by atoms with Gasteiger partial charge in [0, 0.05) is 30.8 Å². The van der Waals surface area contributed by atoms with Crippen LogP contribution in [0, 0.1) is 0 Å². The van der Waals surface area contributed by atoms with E-state index in [-0.39, 0.29) is 16.9 Å². The van der Waals surface area contributed by atoms with E-state index in [1.54, 1.807) is 0 Å². The summed E-state index contributed by atoms with van der Waals surface area (Å²) in [5.74, 6) is -1.75. The van der Waals surface area contributed by atoms with Gasteiger partial charge in [0.25, 0.3) is 23.6 Å². The van der Waals surface area contributed by atoms with E-state index in [4.69, 9.17) is 5.21 Å². The number of carbonyl (C=O) groups excluding carboxylic acids is 4. The van der Waals surface area contributed by atoms with E-state index >= 15 is 0 Å². The minimum absolute atomic E-state index is 0.0556. The van der Waals surface area contributed by atoms with Crippen LogP contribution in [0.4, 0.5) is 0 Å². The van der Waals surface area contributed by atoms with Crippen molar-refractivity contribution in [3.05, 3.63) is 24.3 Å². The SMILES string of the molecule is CCCN1C(=O)C=CC1=O.O=C1C=CC(=O)N1O. The first-order valence-electron chi connectivity index (χ1n) is 5.26. The highest BCUT2D eigenvalue weighted by Crippen LogP contribution is 2.03. The summed E-state index contributed by atoms with van der Waals surface area (Å²) in [5, 5.41) is 8.39. The minimum atomic E-state index is -0.685. The second-order valence-electron chi connectivity index (χ2n) is 3.48. The van der Waals surface area contributed by atoms with Crippen LogP contribution in [0.25, 0.3) is 0 Å². The quantitative estimate of drug-likeness (QED) is 0.534. The lowest BCUT2D eigenvalue weighted by molar-refractivity contribution is -0.169. The lowest BCUT2D eigenvalue weighted by atomic mass is 10.4. The Morgan fingerprint density at radius 3 is 1.56 bits per heavy atom. The molecule has 1 N–H and O–H groups in total. The summed E-state index contributed by atoms with van der Waals surface area (Å²) in [6, 6.07) is 0. The maximum atomic E-state index is 10.8. The number of hydrogen-bond donors (Lipinski definition) is 1. The van der Waals surface area contributed by atoms with Gasteiger partial charge in [-0.2, -0.15) is 0 Å². The molecule has 2 rings (SSSR count). The molecule has 96 valence electrons. The summed E-state index contributed by atoms with van der Waals surface area (Å²) in [4.78, 5) is 43.1. The lowest BCUT2D eigenvalue weighted by Crippen LogP contribution is -2.30. The van der Waals surface area contributed by atoms with Crippen molar-refractivity contribution in [3.63, 3.8) is 0 Å². The Labute approximate surface area is 103 Å². The molecule has 7 nitrogen and oxygen atoms in total.